The molecule has 3 rings (SSSR count). The van der Waals surface area contributed by atoms with Gasteiger partial charge in [0.15, 0.2) is 5.65 Å². The molecule has 0 saturated heterocycles. The molecule has 0 fully saturated rings. The lowest BCUT2D eigenvalue weighted by molar-refractivity contribution is 1.09. The van der Waals surface area contributed by atoms with Gasteiger partial charge in [0.1, 0.15) is 6.33 Å². The fraction of sp³-hybridized carbons (Fsp3) is 0. The maximum atomic E-state index is 9.09. The van der Waals surface area contributed by atoms with E-state index in [9.17, 15) is 0 Å². The molecule has 0 unspecified atom stereocenters. The lowest BCUT2D eigenvalue weighted by atomic mass is 10.0. The largest absolute Gasteiger partial charge is 0.261 e. The van der Waals surface area contributed by atoms with Crippen LogP contribution in [-0.2, 0) is 0 Å². The molecule has 5 nitrogen and oxygen atoms in total. The normalized spacial score (nSPS) is 10.3. The van der Waals surface area contributed by atoms with Crippen molar-refractivity contribution < 1.29 is 0 Å². The lowest BCUT2D eigenvalue weighted by Gasteiger charge is -2.03. The Balaban J connectivity index is 2.35. The summed E-state index contributed by atoms with van der Waals surface area (Å²) in [6, 6.07) is 9.50. The van der Waals surface area contributed by atoms with Crippen molar-refractivity contribution >= 4 is 11.0 Å². The maximum Gasteiger partial charge on any atom is 0.159 e. The van der Waals surface area contributed by atoms with Crippen molar-refractivity contribution in [1.82, 2.24) is 20.2 Å². The number of benzene rings is 1. The average Bonchev–Trinajstić information content (AvgIpc) is 2.86. The van der Waals surface area contributed by atoms with E-state index >= 15 is 0 Å². The van der Waals surface area contributed by atoms with Crippen LogP contribution in [0.5, 0.6) is 0 Å². The molecule has 0 saturated carbocycles. The predicted octanol–water partition coefficient (Wildman–Crippen LogP) is 1.89. The molecule has 0 spiro atoms. The van der Waals surface area contributed by atoms with Gasteiger partial charge in [-0.1, -0.05) is 18.2 Å². The van der Waals surface area contributed by atoms with E-state index in [0.29, 0.717) is 11.2 Å². The van der Waals surface area contributed by atoms with Gasteiger partial charge in [-0.15, -0.1) is 0 Å². The zero-order valence-electron chi connectivity index (χ0n) is 8.75. The molecule has 17 heavy (non-hydrogen) atoms. The van der Waals surface area contributed by atoms with Gasteiger partial charge in [-0.05, 0) is 6.07 Å². The zero-order valence-corrected chi connectivity index (χ0v) is 8.75. The second-order valence-electron chi connectivity index (χ2n) is 3.51. The Hall–Kier alpha value is -2.74. The Bertz CT molecular complexity index is 723. The van der Waals surface area contributed by atoms with Crippen molar-refractivity contribution in [3.8, 4) is 17.3 Å². The first-order valence-electron chi connectivity index (χ1n) is 5.04. The minimum Gasteiger partial charge on any atom is -0.261 e. The fourth-order valence-corrected chi connectivity index (χ4v) is 1.77. The second kappa shape index (κ2) is 3.68. The average molecular weight is 221 g/mol. The minimum absolute atomic E-state index is 0.591. The molecule has 0 bridgehead atoms. The number of nitrogens with zero attached hydrogens (tertiary/aromatic N) is 4. The van der Waals surface area contributed by atoms with Crippen LogP contribution in [0.3, 0.4) is 0 Å². The molecule has 80 valence electrons. The first kappa shape index (κ1) is 9.48. The first-order valence-corrected chi connectivity index (χ1v) is 5.04. The molecule has 0 aliphatic carbocycles. The number of fused-ring (bicyclic) bond motifs is 1. The van der Waals surface area contributed by atoms with E-state index in [4.69, 9.17) is 5.26 Å². The van der Waals surface area contributed by atoms with E-state index < -0.39 is 0 Å². The van der Waals surface area contributed by atoms with E-state index in [-0.39, 0.29) is 0 Å². The van der Waals surface area contributed by atoms with Crippen LogP contribution in [0.25, 0.3) is 22.3 Å². The topological polar surface area (TPSA) is 78.2 Å². The summed E-state index contributed by atoms with van der Waals surface area (Å²) in [6.45, 7) is 0. The van der Waals surface area contributed by atoms with Gasteiger partial charge in [-0.25, -0.2) is 9.97 Å². The van der Waals surface area contributed by atoms with Gasteiger partial charge in [0.25, 0.3) is 0 Å². The summed E-state index contributed by atoms with van der Waals surface area (Å²) in [5.74, 6) is 0. The Morgan fingerprint density at radius 3 is 2.94 bits per heavy atom. The van der Waals surface area contributed by atoms with Crippen molar-refractivity contribution in [2.45, 2.75) is 0 Å². The van der Waals surface area contributed by atoms with E-state index in [1.165, 1.54) is 6.33 Å². The second-order valence-corrected chi connectivity index (χ2v) is 3.51. The van der Waals surface area contributed by atoms with Crippen molar-refractivity contribution in [3.63, 3.8) is 0 Å². The number of rotatable bonds is 1. The highest BCUT2D eigenvalue weighted by atomic mass is 15.1. The molecule has 2 aromatic heterocycles. The highest BCUT2D eigenvalue weighted by Crippen LogP contribution is 2.26. The minimum atomic E-state index is 0.591. The SMILES string of the molecule is N#Cc1ccccc1-c1ncnc2[nH]ncc12. The van der Waals surface area contributed by atoms with Gasteiger partial charge in [0.05, 0.1) is 28.9 Å². The third-order valence-electron chi connectivity index (χ3n) is 2.55. The van der Waals surface area contributed by atoms with Gasteiger partial charge in [-0.2, -0.15) is 10.4 Å². The summed E-state index contributed by atoms with van der Waals surface area (Å²) in [5, 5.41) is 16.6. The maximum absolute atomic E-state index is 9.09. The van der Waals surface area contributed by atoms with Crippen LogP contribution in [-0.4, -0.2) is 20.2 Å². The Morgan fingerprint density at radius 1 is 1.18 bits per heavy atom. The molecule has 1 N–H and O–H groups in total. The van der Waals surface area contributed by atoms with Gasteiger partial charge >= 0.3 is 0 Å². The highest BCUT2D eigenvalue weighted by Gasteiger charge is 2.10. The number of hydrogen-bond donors (Lipinski definition) is 1. The van der Waals surface area contributed by atoms with Crippen molar-refractivity contribution in [3.05, 3.63) is 42.4 Å². The molecule has 2 heterocycles. The van der Waals surface area contributed by atoms with Gasteiger partial charge < -0.3 is 0 Å². The summed E-state index contributed by atoms with van der Waals surface area (Å²) in [7, 11) is 0. The lowest BCUT2D eigenvalue weighted by Crippen LogP contribution is -1.90. The number of H-pyrrole nitrogens is 1. The molecule has 0 radical (unpaired) electrons. The highest BCUT2D eigenvalue weighted by molar-refractivity contribution is 5.91. The fourth-order valence-electron chi connectivity index (χ4n) is 1.77. The van der Waals surface area contributed by atoms with Crippen LogP contribution in [0.15, 0.2) is 36.8 Å². The van der Waals surface area contributed by atoms with Crippen LogP contribution in [0.1, 0.15) is 5.56 Å². The van der Waals surface area contributed by atoms with Crippen LogP contribution in [0.2, 0.25) is 0 Å². The van der Waals surface area contributed by atoms with Gasteiger partial charge in [0.2, 0.25) is 0 Å². The van der Waals surface area contributed by atoms with E-state index in [0.717, 1.165) is 16.6 Å². The monoisotopic (exact) mass is 221 g/mol. The Labute approximate surface area is 96.8 Å². The van der Waals surface area contributed by atoms with E-state index in [1.54, 1.807) is 12.3 Å². The number of hydrogen-bond acceptors (Lipinski definition) is 4. The van der Waals surface area contributed by atoms with Crippen LogP contribution < -0.4 is 0 Å². The number of nitriles is 1. The van der Waals surface area contributed by atoms with Gasteiger partial charge in [0, 0.05) is 5.56 Å². The zero-order chi connectivity index (χ0) is 11.7. The third kappa shape index (κ3) is 1.43. The molecule has 0 aliphatic heterocycles. The van der Waals surface area contributed by atoms with Crippen molar-refractivity contribution in [1.29, 1.82) is 5.26 Å². The predicted molar refractivity (Wildman–Crippen MR) is 61.8 cm³/mol. The molecule has 0 atom stereocenters. The Morgan fingerprint density at radius 2 is 2.06 bits per heavy atom. The number of aromatic amines is 1. The molecular weight excluding hydrogens is 214 g/mol. The van der Waals surface area contributed by atoms with Crippen molar-refractivity contribution in [2.75, 3.05) is 0 Å². The van der Waals surface area contributed by atoms with E-state index in [1.807, 2.05) is 18.2 Å². The number of nitrogens with one attached hydrogen (secondary N) is 1. The quantitative estimate of drug-likeness (QED) is 0.680. The third-order valence-corrected chi connectivity index (χ3v) is 2.55. The van der Waals surface area contributed by atoms with Crippen LogP contribution in [0, 0.1) is 11.3 Å². The molecule has 1 aromatic carbocycles. The Kier molecular flexibility index (Phi) is 2.06. The standard InChI is InChI=1S/C12H7N5/c13-5-8-3-1-2-4-9(8)11-10-6-16-17-12(10)15-7-14-11/h1-4,6-7H,(H,14,15,16,17). The number of aromatic nitrogens is 4. The van der Waals surface area contributed by atoms with Crippen LogP contribution >= 0.6 is 0 Å². The van der Waals surface area contributed by atoms with Crippen molar-refractivity contribution in [2.24, 2.45) is 0 Å². The molecule has 0 aliphatic rings. The summed E-state index contributed by atoms with van der Waals surface area (Å²) >= 11 is 0. The van der Waals surface area contributed by atoms with E-state index in [2.05, 4.69) is 26.2 Å². The summed E-state index contributed by atoms with van der Waals surface area (Å²) in [6.07, 6.45) is 3.13. The van der Waals surface area contributed by atoms with Gasteiger partial charge in [-0.3, -0.25) is 5.10 Å². The molecular formula is C12H7N5. The summed E-state index contributed by atoms with van der Waals surface area (Å²) in [5.41, 5.74) is 2.78. The first-order chi connectivity index (χ1) is 8.40. The summed E-state index contributed by atoms with van der Waals surface area (Å²) < 4.78 is 0. The summed E-state index contributed by atoms with van der Waals surface area (Å²) in [4.78, 5) is 8.31. The molecule has 0 amide bonds. The molecule has 5 heteroatoms. The smallest absolute Gasteiger partial charge is 0.159 e. The van der Waals surface area contributed by atoms with Crippen LogP contribution in [0.4, 0.5) is 0 Å². The molecule has 3 aromatic rings.